The Morgan fingerprint density at radius 2 is 2.00 bits per heavy atom. The topological polar surface area (TPSA) is 61.8 Å². The first kappa shape index (κ1) is 19.3. The lowest BCUT2D eigenvalue weighted by Crippen LogP contribution is -2.44. The van der Waals surface area contributed by atoms with E-state index in [0.29, 0.717) is 6.61 Å². The molecule has 2 aromatic rings. The van der Waals surface area contributed by atoms with Gasteiger partial charge in [-0.3, -0.25) is 9.69 Å². The maximum Gasteiger partial charge on any atom is 0.307 e. The van der Waals surface area contributed by atoms with Crippen LogP contribution in [0.4, 0.5) is 0 Å². The molecule has 0 amide bonds. The Bertz CT molecular complexity index is 836. The number of rotatable bonds is 6. The molecular weight excluding hydrogens is 372 g/mol. The maximum absolute atomic E-state index is 11.2. The summed E-state index contributed by atoms with van der Waals surface area (Å²) in [5.74, 6) is 1.09. The summed E-state index contributed by atoms with van der Waals surface area (Å²) >= 11 is 1.93. The zero-order valence-electron chi connectivity index (χ0n) is 15.9. The van der Waals surface area contributed by atoms with Crippen molar-refractivity contribution in [1.82, 2.24) is 10.2 Å². The van der Waals surface area contributed by atoms with Crippen LogP contribution in [0, 0.1) is 0 Å². The van der Waals surface area contributed by atoms with Crippen LogP contribution in [0.1, 0.15) is 27.5 Å². The van der Waals surface area contributed by atoms with E-state index in [1.165, 1.54) is 11.1 Å². The second-order valence-corrected chi connectivity index (χ2v) is 8.49. The van der Waals surface area contributed by atoms with Crippen molar-refractivity contribution in [3.8, 4) is 5.75 Å². The highest BCUT2D eigenvalue weighted by molar-refractivity contribution is 7.99. The van der Waals surface area contributed by atoms with E-state index in [4.69, 9.17) is 4.74 Å². The Morgan fingerprint density at radius 1 is 1.18 bits per heavy atom. The molecule has 1 unspecified atom stereocenters. The van der Waals surface area contributed by atoms with Crippen molar-refractivity contribution in [2.45, 2.75) is 18.3 Å². The maximum atomic E-state index is 11.2. The predicted molar refractivity (Wildman–Crippen MR) is 112 cm³/mol. The van der Waals surface area contributed by atoms with Gasteiger partial charge in [0.25, 0.3) is 0 Å². The van der Waals surface area contributed by atoms with Gasteiger partial charge in [0.05, 0.1) is 11.7 Å². The first-order valence-electron chi connectivity index (χ1n) is 9.80. The van der Waals surface area contributed by atoms with Crippen molar-refractivity contribution in [2.75, 3.05) is 38.5 Å². The smallest absolute Gasteiger partial charge is 0.307 e. The quantitative estimate of drug-likeness (QED) is 0.780. The van der Waals surface area contributed by atoms with E-state index < -0.39 is 5.97 Å². The number of thioether (sulfide) groups is 1. The minimum absolute atomic E-state index is 0.0348. The highest BCUT2D eigenvalue weighted by Crippen LogP contribution is 2.44. The van der Waals surface area contributed by atoms with Gasteiger partial charge in [0.1, 0.15) is 12.4 Å². The molecule has 6 heteroatoms. The van der Waals surface area contributed by atoms with Gasteiger partial charge in [-0.05, 0) is 22.8 Å². The van der Waals surface area contributed by atoms with Crippen LogP contribution in [0.3, 0.4) is 0 Å². The van der Waals surface area contributed by atoms with Crippen molar-refractivity contribution in [3.05, 3.63) is 64.7 Å². The van der Waals surface area contributed by atoms with Gasteiger partial charge in [0, 0.05) is 44.0 Å². The van der Waals surface area contributed by atoms with E-state index in [0.717, 1.165) is 55.4 Å². The molecule has 2 heterocycles. The highest BCUT2D eigenvalue weighted by Gasteiger charge is 2.26. The Kier molecular flexibility index (Phi) is 6.20. The minimum atomic E-state index is -0.808. The van der Waals surface area contributed by atoms with E-state index in [2.05, 4.69) is 34.5 Å². The molecule has 2 aliphatic rings. The van der Waals surface area contributed by atoms with Gasteiger partial charge in [-0.25, -0.2) is 0 Å². The van der Waals surface area contributed by atoms with E-state index in [-0.39, 0.29) is 11.7 Å². The molecule has 0 saturated carbocycles. The van der Waals surface area contributed by atoms with Crippen LogP contribution < -0.4 is 10.1 Å². The van der Waals surface area contributed by atoms with E-state index in [1.807, 2.05) is 30.0 Å². The fourth-order valence-electron chi connectivity index (χ4n) is 3.88. The third-order valence-corrected chi connectivity index (χ3v) is 6.59. The number of hydrogen-bond donors (Lipinski definition) is 2. The van der Waals surface area contributed by atoms with Gasteiger partial charge in [0.15, 0.2) is 0 Å². The Morgan fingerprint density at radius 3 is 2.82 bits per heavy atom. The van der Waals surface area contributed by atoms with Crippen LogP contribution in [0.25, 0.3) is 0 Å². The number of hydrogen-bond acceptors (Lipinski definition) is 5. The number of benzene rings is 2. The first-order valence-corrected chi connectivity index (χ1v) is 10.9. The summed E-state index contributed by atoms with van der Waals surface area (Å²) in [6.45, 7) is 5.94. The fraction of sp³-hybridized carbons (Fsp3) is 0.409. The van der Waals surface area contributed by atoms with E-state index in [9.17, 15) is 9.90 Å². The second kappa shape index (κ2) is 8.99. The third-order valence-electron chi connectivity index (χ3n) is 5.33. The summed E-state index contributed by atoms with van der Waals surface area (Å²) in [5, 5.41) is 12.7. The molecular formula is C22H26N2O3S. The van der Waals surface area contributed by atoms with Crippen molar-refractivity contribution in [1.29, 1.82) is 0 Å². The molecule has 148 valence electrons. The van der Waals surface area contributed by atoms with Crippen LogP contribution in [-0.4, -0.2) is 54.5 Å². The zero-order valence-corrected chi connectivity index (χ0v) is 16.7. The van der Waals surface area contributed by atoms with Crippen LogP contribution in [0.15, 0.2) is 42.5 Å². The van der Waals surface area contributed by atoms with Crippen LogP contribution in [-0.2, 0) is 17.8 Å². The molecule has 2 N–H and O–H groups in total. The van der Waals surface area contributed by atoms with Crippen LogP contribution in [0.5, 0.6) is 5.75 Å². The fourth-order valence-corrected chi connectivity index (χ4v) is 5.25. The zero-order chi connectivity index (χ0) is 19.3. The number of nitrogens with zero attached hydrogens (tertiary/aromatic N) is 1. The lowest BCUT2D eigenvalue weighted by molar-refractivity contribution is -0.136. The van der Waals surface area contributed by atoms with Gasteiger partial charge in [-0.15, -0.1) is 11.8 Å². The molecule has 0 radical (unpaired) electrons. The normalized spacial score (nSPS) is 19.2. The number of nitrogens with one attached hydrogen (secondary N) is 1. The third kappa shape index (κ3) is 4.51. The number of carboxylic acid groups (broad SMARTS) is 1. The number of piperazine rings is 1. The van der Waals surface area contributed by atoms with Crippen molar-refractivity contribution < 1.29 is 14.6 Å². The summed E-state index contributed by atoms with van der Waals surface area (Å²) in [5.41, 5.74) is 4.40. The minimum Gasteiger partial charge on any atom is -0.489 e. The standard InChI is InChI=1S/C22H26N2O3S/c25-21(26)14-16-5-6-20-19(13-16)22(18-4-2-1-3-17(18)15-27-20)28-12-11-24-9-7-23-8-10-24/h1-6,13,22-23H,7-12,14-15H2,(H,25,26). The summed E-state index contributed by atoms with van der Waals surface area (Å²) < 4.78 is 6.08. The number of fused-ring (bicyclic) bond motifs is 2. The molecule has 1 saturated heterocycles. The molecule has 28 heavy (non-hydrogen) atoms. The highest BCUT2D eigenvalue weighted by atomic mass is 32.2. The van der Waals surface area contributed by atoms with Gasteiger partial charge < -0.3 is 15.2 Å². The Hall–Kier alpha value is -2.02. The average molecular weight is 399 g/mol. The van der Waals surface area contributed by atoms with Crippen molar-refractivity contribution in [2.24, 2.45) is 0 Å². The molecule has 2 aliphatic heterocycles. The summed E-state index contributed by atoms with van der Waals surface area (Å²) in [4.78, 5) is 13.7. The molecule has 0 bridgehead atoms. The van der Waals surface area contributed by atoms with Gasteiger partial charge in [-0.2, -0.15) is 0 Å². The molecule has 1 atom stereocenters. The van der Waals surface area contributed by atoms with Crippen LogP contribution >= 0.6 is 11.8 Å². The average Bonchev–Trinajstić information content (AvgIpc) is 2.86. The molecule has 0 spiro atoms. The van der Waals surface area contributed by atoms with Gasteiger partial charge in [-0.1, -0.05) is 36.4 Å². The monoisotopic (exact) mass is 398 g/mol. The molecule has 0 aliphatic carbocycles. The number of carboxylic acids is 1. The SMILES string of the molecule is O=C(O)Cc1ccc2c(c1)C(SCCN1CCNCC1)c1ccccc1CO2. The lowest BCUT2D eigenvalue weighted by atomic mass is 9.98. The lowest BCUT2D eigenvalue weighted by Gasteiger charge is -2.28. The molecule has 2 aromatic carbocycles. The van der Waals surface area contributed by atoms with E-state index in [1.54, 1.807) is 0 Å². The van der Waals surface area contributed by atoms with Crippen molar-refractivity contribution >= 4 is 17.7 Å². The predicted octanol–water partition coefficient (Wildman–Crippen LogP) is 2.93. The molecule has 0 aromatic heterocycles. The second-order valence-electron chi connectivity index (χ2n) is 7.27. The summed E-state index contributed by atoms with van der Waals surface area (Å²) in [6.07, 6.45) is 0.0348. The summed E-state index contributed by atoms with van der Waals surface area (Å²) in [7, 11) is 0. The molecule has 4 rings (SSSR count). The molecule has 5 nitrogen and oxygen atoms in total. The largest absolute Gasteiger partial charge is 0.489 e. The Labute approximate surface area is 170 Å². The van der Waals surface area contributed by atoms with E-state index >= 15 is 0 Å². The Balaban J connectivity index is 1.59. The van der Waals surface area contributed by atoms with Crippen molar-refractivity contribution in [3.63, 3.8) is 0 Å². The molecule has 1 fully saturated rings. The van der Waals surface area contributed by atoms with Gasteiger partial charge >= 0.3 is 5.97 Å². The summed E-state index contributed by atoms with van der Waals surface area (Å²) in [6, 6.07) is 14.3. The van der Waals surface area contributed by atoms with Crippen LogP contribution in [0.2, 0.25) is 0 Å². The number of carbonyl (C=O) groups is 1. The number of ether oxygens (including phenoxy) is 1. The first-order chi connectivity index (χ1) is 13.7. The van der Waals surface area contributed by atoms with Gasteiger partial charge in [0.2, 0.25) is 0 Å². The number of aliphatic carboxylic acids is 1.